The highest BCUT2D eigenvalue weighted by molar-refractivity contribution is 4.88. The molecule has 2 saturated heterocycles. The van der Waals surface area contributed by atoms with E-state index < -0.39 is 0 Å². The second-order valence-electron chi connectivity index (χ2n) is 4.09. The first kappa shape index (κ1) is 8.52. The average molecular weight is 168 g/mol. The second-order valence-corrected chi connectivity index (χ2v) is 4.09. The molecule has 0 aliphatic carbocycles. The van der Waals surface area contributed by atoms with Crippen LogP contribution >= 0.6 is 0 Å². The van der Waals surface area contributed by atoms with Gasteiger partial charge in [0.05, 0.1) is 0 Å². The van der Waals surface area contributed by atoms with E-state index in [1.807, 2.05) is 0 Å². The Morgan fingerprint density at radius 1 is 1.42 bits per heavy atom. The van der Waals surface area contributed by atoms with Gasteiger partial charge in [-0.15, -0.1) is 0 Å². The van der Waals surface area contributed by atoms with E-state index in [0.717, 1.165) is 12.1 Å². The second kappa shape index (κ2) is 3.75. The first-order valence-corrected chi connectivity index (χ1v) is 5.38. The lowest BCUT2D eigenvalue weighted by Crippen LogP contribution is -2.56. The molecule has 2 atom stereocenters. The predicted molar refractivity (Wildman–Crippen MR) is 51.3 cm³/mol. The highest BCUT2D eigenvalue weighted by Gasteiger charge is 2.30. The van der Waals surface area contributed by atoms with Gasteiger partial charge in [-0.2, -0.15) is 0 Å². The van der Waals surface area contributed by atoms with Gasteiger partial charge in [0, 0.05) is 31.7 Å². The van der Waals surface area contributed by atoms with Crippen LogP contribution in [0.3, 0.4) is 0 Å². The fraction of sp³-hybridized carbons (Fsp3) is 1.00. The maximum absolute atomic E-state index is 3.49. The number of piperazine rings is 1. The molecule has 0 saturated carbocycles. The minimum Gasteiger partial charge on any atom is -0.314 e. The number of hydrogen-bond donors (Lipinski definition) is 1. The first-order valence-electron chi connectivity index (χ1n) is 5.38. The molecule has 2 aliphatic heterocycles. The average Bonchev–Trinajstić information content (AvgIpc) is 2.17. The summed E-state index contributed by atoms with van der Waals surface area (Å²) in [5, 5.41) is 3.49. The number of hydrogen-bond acceptors (Lipinski definition) is 2. The smallest absolute Gasteiger partial charge is 0.0224 e. The minimum absolute atomic E-state index is 0.859. The minimum atomic E-state index is 0.859. The summed E-state index contributed by atoms with van der Waals surface area (Å²) in [5.41, 5.74) is 0. The van der Waals surface area contributed by atoms with Gasteiger partial charge in [0.2, 0.25) is 0 Å². The molecule has 2 rings (SSSR count). The van der Waals surface area contributed by atoms with Gasteiger partial charge in [0.1, 0.15) is 0 Å². The van der Waals surface area contributed by atoms with Crippen LogP contribution in [0.2, 0.25) is 0 Å². The van der Waals surface area contributed by atoms with Crippen molar-refractivity contribution in [1.82, 2.24) is 10.2 Å². The summed E-state index contributed by atoms with van der Waals surface area (Å²) in [5.74, 6) is 0. The lowest BCUT2D eigenvalue weighted by atomic mass is 9.93. The Labute approximate surface area is 75.3 Å². The molecule has 2 nitrogen and oxygen atoms in total. The third kappa shape index (κ3) is 1.50. The summed E-state index contributed by atoms with van der Waals surface area (Å²) in [4.78, 5) is 2.74. The van der Waals surface area contributed by atoms with Crippen LogP contribution < -0.4 is 5.32 Å². The van der Waals surface area contributed by atoms with E-state index >= 15 is 0 Å². The summed E-state index contributed by atoms with van der Waals surface area (Å²) in [6.45, 7) is 6.04. The predicted octanol–water partition coefficient (Wildman–Crippen LogP) is 1.22. The molecule has 0 aromatic heterocycles. The standard InChI is InChI=1S/C10H20N2/c1-2-9-4-3-5-10-8-11-6-7-12(9)10/h9-11H,2-8H2,1H3. The van der Waals surface area contributed by atoms with E-state index in [4.69, 9.17) is 0 Å². The van der Waals surface area contributed by atoms with Crippen LogP contribution in [-0.2, 0) is 0 Å². The van der Waals surface area contributed by atoms with Crippen LogP contribution in [-0.4, -0.2) is 36.6 Å². The van der Waals surface area contributed by atoms with Crippen molar-refractivity contribution in [2.75, 3.05) is 19.6 Å². The number of fused-ring (bicyclic) bond motifs is 1. The SMILES string of the molecule is CCC1CCCC2CNCCN12. The molecule has 2 heteroatoms. The Morgan fingerprint density at radius 3 is 3.17 bits per heavy atom. The van der Waals surface area contributed by atoms with Crippen LogP contribution in [0.1, 0.15) is 32.6 Å². The van der Waals surface area contributed by atoms with Crippen molar-refractivity contribution in [3.63, 3.8) is 0 Å². The van der Waals surface area contributed by atoms with E-state index in [-0.39, 0.29) is 0 Å². The maximum Gasteiger partial charge on any atom is 0.0224 e. The Hall–Kier alpha value is -0.0800. The van der Waals surface area contributed by atoms with Crippen molar-refractivity contribution >= 4 is 0 Å². The normalized spacial score (nSPS) is 37.8. The van der Waals surface area contributed by atoms with Gasteiger partial charge in [-0.1, -0.05) is 13.3 Å². The van der Waals surface area contributed by atoms with Crippen molar-refractivity contribution in [2.24, 2.45) is 0 Å². The fourth-order valence-electron chi connectivity index (χ4n) is 2.72. The van der Waals surface area contributed by atoms with Crippen LogP contribution in [0.4, 0.5) is 0 Å². The summed E-state index contributed by atoms with van der Waals surface area (Å²) < 4.78 is 0. The van der Waals surface area contributed by atoms with Crippen LogP contribution in [0.15, 0.2) is 0 Å². The Morgan fingerprint density at radius 2 is 2.33 bits per heavy atom. The number of nitrogens with zero attached hydrogens (tertiary/aromatic N) is 1. The van der Waals surface area contributed by atoms with Crippen molar-refractivity contribution < 1.29 is 0 Å². The third-order valence-electron chi connectivity index (χ3n) is 3.41. The van der Waals surface area contributed by atoms with Crippen LogP contribution in [0.25, 0.3) is 0 Å². The molecule has 2 aliphatic rings. The van der Waals surface area contributed by atoms with Gasteiger partial charge in [-0.3, -0.25) is 4.90 Å². The molecule has 70 valence electrons. The number of piperidine rings is 1. The number of nitrogens with one attached hydrogen (secondary N) is 1. The van der Waals surface area contributed by atoms with E-state index in [1.165, 1.54) is 45.3 Å². The van der Waals surface area contributed by atoms with Gasteiger partial charge in [0.25, 0.3) is 0 Å². The summed E-state index contributed by atoms with van der Waals surface area (Å²) >= 11 is 0. The molecule has 2 unspecified atom stereocenters. The van der Waals surface area contributed by atoms with Crippen LogP contribution in [0, 0.1) is 0 Å². The molecule has 0 spiro atoms. The molecule has 0 aromatic rings. The monoisotopic (exact) mass is 168 g/mol. The topological polar surface area (TPSA) is 15.3 Å². The van der Waals surface area contributed by atoms with E-state index in [1.54, 1.807) is 0 Å². The fourth-order valence-corrected chi connectivity index (χ4v) is 2.72. The van der Waals surface area contributed by atoms with E-state index in [0.29, 0.717) is 0 Å². The van der Waals surface area contributed by atoms with Gasteiger partial charge < -0.3 is 5.32 Å². The molecule has 2 heterocycles. The zero-order chi connectivity index (χ0) is 8.39. The molecular formula is C10H20N2. The van der Waals surface area contributed by atoms with E-state index in [9.17, 15) is 0 Å². The maximum atomic E-state index is 3.49. The Bertz CT molecular complexity index is 138. The molecule has 0 bridgehead atoms. The van der Waals surface area contributed by atoms with Gasteiger partial charge in [0.15, 0.2) is 0 Å². The van der Waals surface area contributed by atoms with Crippen LogP contribution in [0.5, 0.6) is 0 Å². The van der Waals surface area contributed by atoms with Gasteiger partial charge in [-0.05, 0) is 19.3 Å². The van der Waals surface area contributed by atoms with Gasteiger partial charge >= 0.3 is 0 Å². The quantitative estimate of drug-likeness (QED) is 0.633. The summed E-state index contributed by atoms with van der Waals surface area (Å²) in [6, 6.07) is 1.75. The zero-order valence-electron chi connectivity index (χ0n) is 8.05. The van der Waals surface area contributed by atoms with Crippen molar-refractivity contribution in [3.05, 3.63) is 0 Å². The van der Waals surface area contributed by atoms with Crippen molar-refractivity contribution in [1.29, 1.82) is 0 Å². The first-order chi connectivity index (χ1) is 5.92. The molecule has 0 radical (unpaired) electrons. The Balaban J connectivity index is 1.99. The molecule has 1 N–H and O–H groups in total. The molecule has 0 aromatic carbocycles. The van der Waals surface area contributed by atoms with Crippen molar-refractivity contribution in [2.45, 2.75) is 44.7 Å². The highest BCUT2D eigenvalue weighted by Crippen LogP contribution is 2.25. The lowest BCUT2D eigenvalue weighted by Gasteiger charge is -2.45. The van der Waals surface area contributed by atoms with Crippen molar-refractivity contribution in [3.8, 4) is 0 Å². The molecule has 2 fully saturated rings. The van der Waals surface area contributed by atoms with Gasteiger partial charge in [-0.25, -0.2) is 0 Å². The molecule has 12 heavy (non-hydrogen) atoms. The lowest BCUT2D eigenvalue weighted by molar-refractivity contribution is 0.0604. The summed E-state index contributed by atoms with van der Waals surface area (Å²) in [6.07, 6.45) is 5.65. The molecule has 0 amide bonds. The van der Waals surface area contributed by atoms with E-state index in [2.05, 4.69) is 17.1 Å². The summed E-state index contributed by atoms with van der Waals surface area (Å²) in [7, 11) is 0. The number of rotatable bonds is 1. The molecular weight excluding hydrogens is 148 g/mol. The highest BCUT2D eigenvalue weighted by atomic mass is 15.2. The Kier molecular flexibility index (Phi) is 2.66. The third-order valence-corrected chi connectivity index (χ3v) is 3.41. The largest absolute Gasteiger partial charge is 0.314 e. The zero-order valence-corrected chi connectivity index (χ0v) is 8.05.